The average Bonchev–Trinajstić information content (AvgIpc) is 3.42. The number of benzene rings is 1. The molecule has 2 bridgehead atoms. The summed E-state index contributed by atoms with van der Waals surface area (Å²) < 4.78 is 7.33. The number of carbonyl (C=O) groups excluding carboxylic acids is 1. The van der Waals surface area contributed by atoms with Crippen LogP contribution in [-0.4, -0.2) is 49.5 Å². The van der Waals surface area contributed by atoms with Gasteiger partial charge >= 0.3 is 0 Å². The summed E-state index contributed by atoms with van der Waals surface area (Å²) in [6, 6.07) is 11.5. The number of nitrogens with one attached hydrogen (secondary N) is 1. The molecule has 1 aliphatic carbocycles. The van der Waals surface area contributed by atoms with E-state index in [4.69, 9.17) is 4.74 Å². The number of aryl methyl sites for hydroxylation is 1. The fourth-order valence-electron chi connectivity index (χ4n) is 3.88. The van der Waals surface area contributed by atoms with Crippen LogP contribution in [0, 0.1) is 5.92 Å². The predicted molar refractivity (Wildman–Crippen MR) is 100 cm³/mol. The molecule has 1 saturated carbocycles. The molecule has 1 aromatic carbocycles. The number of nitrogens with zero attached hydrogens (tertiary/aromatic N) is 6. The smallest absolute Gasteiger partial charge is 0.273 e. The zero-order chi connectivity index (χ0) is 19.1. The van der Waals surface area contributed by atoms with E-state index in [0.717, 1.165) is 18.7 Å². The van der Waals surface area contributed by atoms with E-state index in [1.165, 1.54) is 4.68 Å². The fourth-order valence-corrected chi connectivity index (χ4v) is 3.88. The van der Waals surface area contributed by atoms with Gasteiger partial charge in [-0.3, -0.25) is 9.48 Å². The molecule has 9 nitrogen and oxygen atoms in total. The van der Waals surface area contributed by atoms with Gasteiger partial charge in [0.1, 0.15) is 5.75 Å². The second-order valence-corrected chi connectivity index (χ2v) is 7.10. The van der Waals surface area contributed by atoms with Crippen molar-refractivity contribution in [2.75, 3.05) is 11.4 Å². The molecule has 1 N–H and O–H groups in total. The van der Waals surface area contributed by atoms with Crippen LogP contribution in [0.4, 0.5) is 5.95 Å². The van der Waals surface area contributed by atoms with Crippen LogP contribution in [0.5, 0.6) is 11.6 Å². The van der Waals surface area contributed by atoms with Gasteiger partial charge in [0.2, 0.25) is 11.8 Å². The number of hydrogen-bond acceptors (Lipinski definition) is 7. The lowest BCUT2D eigenvalue weighted by Crippen LogP contribution is -2.54. The molecule has 9 heteroatoms. The highest BCUT2D eigenvalue weighted by Crippen LogP contribution is 2.43. The number of carbonyl (C=O) groups is 1. The van der Waals surface area contributed by atoms with Crippen LogP contribution in [-0.2, 0) is 7.05 Å². The molecular weight excluding hydrogens is 358 g/mol. The molecule has 2 saturated heterocycles. The van der Waals surface area contributed by atoms with E-state index < -0.39 is 0 Å². The molecule has 6 rings (SSSR count). The van der Waals surface area contributed by atoms with Crippen LogP contribution in [0.1, 0.15) is 16.9 Å². The lowest BCUT2D eigenvalue weighted by Gasteiger charge is -2.36. The third-order valence-electron chi connectivity index (χ3n) is 5.27. The molecule has 142 valence electrons. The zero-order valence-electron chi connectivity index (χ0n) is 15.3. The van der Waals surface area contributed by atoms with Crippen LogP contribution < -0.4 is 15.0 Å². The van der Waals surface area contributed by atoms with Crippen molar-refractivity contribution in [2.45, 2.75) is 18.5 Å². The Labute approximate surface area is 161 Å². The molecule has 2 aliphatic heterocycles. The Morgan fingerprint density at radius 2 is 2.11 bits per heavy atom. The Morgan fingerprint density at radius 1 is 1.25 bits per heavy atom. The first-order chi connectivity index (χ1) is 13.7. The van der Waals surface area contributed by atoms with E-state index in [1.807, 2.05) is 30.3 Å². The summed E-state index contributed by atoms with van der Waals surface area (Å²) in [4.78, 5) is 23.5. The molecule has 4 heterocycles. The molecule has 0 spiro atoms. The number of fused-ring (bicyclic) bond motifs is 1. The SMILES string of the molecule is Cn1cc(C(=O)NC2C3CC2N(c2nccc(Oc4ccccc4)n2)C3)nn1. The van der Waals surface area contributed by atoms with E-state index in [-0.39, 0.29) is 18.0 Å². The molecule has 3 aromatic rings. The second kappa shape index (κ2) is 6.59. The minimum absolute atomic E-state index is 0.0665. The largest absolute Gasteiger partial charge is 0.439 e. The van der Waals surface area contributed by atoms with Crippen LogP contribution in [0.15, 0.2) is 48.8 Å². The van der Waals surface area contributed by atoms with Gasteiger partial charge in [-0.1, -0.05) is 23.4 Å². The van der Waals surface area contributed by atoms with E-state index in [2.05, 4.69) is 30.5 Å². The lowest BCUT2D eigenvalue weighted by atomic mass is 9.80. The van der Waals surface area contributed by atoms with E-state index in [9.17, 15) is 4.79 Å². The average molecular weight is 377 g/mol. The van der Waals surface area contributed by atoms with Gasteiger partial charge in [0, 0.05) is 31.8 Å². The molecule has 3 aliphatic rings. The summed E-state index contributed by atoms with van der Waals surface area (Å²) in [5.41, 5.74) is 0.329. The van der Waals surface area contributed by atoms with Crippen molar-refractivity contribution in [1.29, 1.82) is 0 Å². The standard InChI is InChI=1S/C19H19N7O2/c1-25-11-14(23-24-25)18(27)22-17-12-9-15(17)26(10-12)19-20-8-7-16(21-19)28-13-5-3-2-4-6-13/h2-8,11-12,15,17H,9-10H2,1H3,(H,22,27). The van der Waals surface area contributed by atoms with Crippen molar-refractivity contribution in [3.05, 3.63) is 54.5 Å². The Hall–Kier alpha value is -3.49. The molecule has 3 unspecified atom stereocenters. The number of amides is 1. The summed E-state index contributed by atoms with van der Waals surface area (Å²) in [7, 11) is 1.74. The van der Waals surface area contributed by atoms with Gasteiger partial charge in [-0.15, -0.1) is 5.10 Å². The van der Waals surface area contributed by atoms with E-state index >= 15 is 0 Å². The maximum absolute atomic E-state index is 12.4. The number of hydrogen-bond donors (Lipinski definition) is 1. The maximum atomic E-state index is 12.4. The van der Waals surface area contributed by atoms with Crippen LogP contribution >= 0.6 is 0 Å². The van der Waals surface area contributed by atoms with E-state index in [1.54, 1.807) is 25.5 Å². The summed E-state index contributed by atoms with van der Waals surface area (Å²) >= 11 is 0. The number of para-hydroxylation sites is 1. The van der Waals surface area contributed by atoms with Crippen molar-refractivity contribution >= 4 is 11.9 Å². The lowest BCUT2D eigenvalue weighted by molar-refractivity contribution is 0.0889. The summed E-state index contributed by atoms with van der Waals surface area (Å²) in [6.45, 7) is 0.810. The van der Waals surface area contributed by atoms with E-state index in [0.29, 0.717) is 23.4 Å². The normalized spacial score (nSPS) is 22.6. The molecule has 2 aromatic heterocycles. The summed E-state index contributed by atoms with van der Waals surface area (Å²) in [6.07, 6.45) is 4.32. The van der Waals surface area contributed by atoms with Crippen molar-refractivity contribution in [3.8, 4) is 11.6 Å². The molecule has 3 atom stereocenters. The van der Waals surface area contributed by atoms with Gasteiger partial charge in [0.25, 0.3) is 5.91 Å². The van der Waals surface area contributed by atoms with Crippen LogP contribution in [0.2, 0.25) is 0 Å². The minimum atomic E-state index is -0.197. The van der Waals surface area contributed by atoms with Crippen molar-refractivity contribution in [2.24, 2.45) is 13.0 Å². The van der Waals surface area contributed by atoms with Crippen molar-refractivity contribution < 1.29 is 9.53 Å². The van der Waals surface area contributed by atoms with Crippen molar-refractivity contribution in [1.82, 2.24) is 30.3 Å². The molecule has 1 amide bonds. The highest BCUT2D eigenvalue weighted by molar-refractivity contribution is 5.92. The maximum Gasteiger partial charge on any atom is 0.273 e. The number of ether oxygens (including phenoxy) is 1. The topological polar surface area (TPSA) is 98.1 Å². The molecule has 0 radical (unpaired) electrons. The number of rotatable bonds is 5. The van der Waals surface area contributed by atoms with Crippen molar-refractivity contribution in [3.63, 3.8) is 0 Å². The Kier molecular flexibility index (Phi) is 3.92. The zero-order valence-corrected chi connectivity index (χ0v) is 15.3. The van der Waals surface area contributed by atoms with Crippen LogP contribution in [0.3, 0.4) is 0 Å². The first kappa shape index (κ1) is 16.7. The Bertz CT molecular complexity index is 1010. The third kappa shape index (κ3) is 2.94. The van der Waals surface area contributed by atoms with Gasteiger partial charge in [-0.2, -0.15) is 4.98 Å². The van der Waals surface area contributed by atoms with Gasteiger partial charge in [0.15, 0.2) is 5.69 Å². The second-order valence-electron chi connectivity index (χ2n) is 7.10. The molecule has 3 fully saturated rings. The molecular formula is C19H19N7O2. The van der Waals surface area contributed by atoms with Gasteiger partial charge in [0.05, 0.1) is 18.3 Å². The highest BCUT2D eigenvalue weighted by atomic mass is 16.5. The van der Waals surface area contributed by atoms with Gasteiger partial charge in [-0.05, 0) is 18.6 Å². The fraction of sp³-hybridized carbons (Fsp3) is 0.316. The summed E-state index contributed by atoms with van der Waals surface area (Å²) in [5, 5.41) is 10.8. The third-order valence-corrected chi connectivity index (χ3v) is 5.27. The minimum Gasteiger partial charge on any atom is -0.439 e. The monoisotopic (exact) mass is 377 g/mol. The highest BCUT2D eigenvalue weighted by Gasteiger charge is 2.53. The number of aromatic nitrogens is 5. The first-order valence-corrected chi connectivity index (χ1v) is 9.17. The Balaban J connectivity index is 1.28. The van der Waals surface area contributed by atoms with Gasteiger partial charge in [-0.25, -0.2) is 4.98 Å². The predicted octanol–water partition coefficient (Wildman–Crippen LogP) is 1.40. The number of anilines is 1. The summed E-state index contributed by atoms with van der Waals surface area (Å²) in [5.74, 6) is 2.04. The Morgan fingerprint density at radius 3 is 2.89 bits per heavy atom. The molecule has 28 heavy (non-hydrogen) atoms. The van der Waals surface area contributed by atoms with Gasteiger partial charge < -0.3 is 15.0 Å². The first-order valence-electron chi connectivity index (χ1n) is 9.17. The van der Waals surface area contributed by atoms with Crippen LogP contribution in [0.25, 0.3) is 0 Å². The quantitative estimate of drug-likeness (QED) is 0.718.